The van der Waals surface area contributed by atoms with Crippen LogP contribution < -0.4 is 9.13 Å². The fraction of sp³-hybridized carbons (Fsp3) is 0.188. The highest BCUT2D eigenvalue weighted by atomic mass is 14.9. The van der Waals surface area contributed by atoms with Crippen molar-refractivity contribution in [3.8, 4) is 34.8 Å². The van der Waals surface area contributed by atoms with Crippen LogP contribution in [0.3, 0.4) is 0 Å². The van der Waals surface area contributed by atoms with Crippen LogP contribution in [0.5, 0.6) is 0 Å². The van der Waals surface area contributed by atoms with E-state index in [2.05, 4.69) is 146 Å². The Bertz CT molecular complexity index is 1310. The average Bonchev–Trinajstić information content (AvgIpc) is 2.84. The molecule has 0 bridgehead atoms. The van der Waals surface area contributed by atoms with Crippen molar-refractivity contribution in [3.63, 3.8) is 0 Å². The lowest BCUT2D eigenvalue weighted by Crippen LogP contribution is -2.32. The molecule has 0 saturated heterocycles. The maximum atomic E-state index is 3.27. The molecule has 0 aliphatic rings. The second-order valence-corrected chi connectivity index (χ2v) is 8.72. The topological polar surface area (TPSA) is 7.76 Å². The van der Waals surface area contributed by atoms with E-state index in [9.17, 15) is 0 Å². The van der Waals surface area contributed by atoms with Gasteiger partial charge in [-0.15, -0.1) is 0 Å². The minimum absolute atomic E-state index is 0.688. The molecule has 0 unspecified atom stereocenters. The first-order valence-corrected chi connectivity index (χ1v) is 11.6. The van der Waals surface area contributed by atoms with Crippen molar-refractivity contribution >= 4 is 0 Å². The van der Waals surface area contributed by atoms with Gasteiger partial charge in [0, 0.05) is 34.4 Å². The second-order valence-electron chi connectivity index (χ2n) is 8.72. The van der Waals surface area contributed by atoms with E-state index in [-0.39, 0.29) is 0 Å². The van der Waals surface area contributed by atoms with Crippen LogP contribution in [-0.4, -0.2) is 0 Å². The summed E-state index contributed by atoms with van der Waals surface area (Å²) in [6, 6.07) is 21.1. The Balaban J connectivity index is 1.37. The molecular formula is C32H30N2+2. The summed E-state index contributed by atoms with van der Waals surface area (Å²) >= 11 is 0. The van der Waals surface area contributed by atoms with E-state index in [1.54, 1.807) is 0 Å². The number of hydrogen-bond acceptors (Lipinski definition) is 0. The highest BCUT2D eigenvalue weighted by molar-refractivity contribution is 5.65. The molecule has 0 saturated carbocycles. The molecule has 0 aliphatic heterocycles. The summed E-state index contributed by atoms with van der Waals surface area (Å²) in [5.74, 6) is 13.1. The monoisotopic (exact) mass is 442 g/mol. The molecule has 0 atom stereocenters. The summed E-state index contributed by atoms with van der Waals surface area (Å²) < 4.78 is 4.24. The fourth-order valence-corrected chi connectivity index (χ4v) is 3.62. The molecule has 2 nitrogen and oxygen atoms in total. The molecule has 166 valence electrons. The first-order chi connectivity index (χ1) is 16.5. The van der Waals surface area contributed by atoms with Gasteiger partial charge >= 0.3 is 0 Å². The summed E-state index contributed by atoms with van der Waals surface area (Å²) in [4.78, 5) is 0. The third kappa shape index (κ3) is 6.00. The van der Waals surface area contributed by atoms with Crippen molar-refractivity contribution in [1.29, 1.82) is 0 Å². The second kappa shape index (κ2) is 10.7. The molecule has 34 heavy (non-hydrogen) atoms. The zero-order valence-corrected chi connectivity index (χ0v) is 20.4. The summed E-state index contributed by atoms with van der Waals surface area (Å²) in [7, 11) is 0. The van der Waals surface area contributed by atoms with Gasteiger partial charge in [0.25, 0.3) is 0 Å². The van der Waals surface area contributed by atoms with Gasteiger partial charge in [-0.2, -0.15) is 9.13 Å². The fourth-order valence-electron chi connectivity index (χ4n) is 3.62. The molecule has 0 spiro atoms. The van der Waals surface area contributed by atoms with Gasteiger partial charge in [0.15, 0.2) is 24.8 Å². The average molecular weight is 443 g/mol. The number of aromatic nitrogens is 2. The van der Waals surface area contributed by atoms with Crippen molar-refractivity contribution in [2.75, 3.05) is 0 Å². The normalized spacial score (nSPS) is 10.1. The predicted molar refractivity (Wildman–Crippen MR) is 138 cm³/mol. The molecule has 2 aromatic heterocycles. The number of pyridine rings is 2. The lowest BCUT2D eigenvalue weighted by atomic mass is 10.0. The largest absolute Gasteiger partial charge is 0.209 e. The van der Waals surface area contributed by atoms with Crippen LogP contribution in [0.2, 0.25) is 0 Å². The van der Waals surface area contributed by atoms with Gasteiger partial charge in [0.1, 0.15) is 0 Å². The van der Waals surface area contributed by atoms with E-state index in [1.165, 1.54) is 33.4 Å². The number of hydrogen-bond donors (Lipinski definition) is 0. The van der Waals surface area contributed by atoms with Gasteiger partial charge in [-0.3, -0.25) is 0 Å². The van der Waals surface area contributed by atoms with Crippen LogP contribution >= 0.6 is 0 Å². The lowest BCUT2D eigenvalue weighted by molar-refractivity contribution is -0.685. The van der Waals surface area contributed by atoms with Crippen LogP contribution in [0.15, 0.2) is 85.5 Å². The molecular weight excluding hydrogens is 412 g/mol. The number of rotatable bonds is 3. The van der Waals surface area contributed by atoms with Crippen LogP contribution in [0.25, 0.3) is 11.1 Å². The molecule has 0 N–H and O–H groups in total. The summed E-state index contributed by atoms with van der Waals surface area (Å²) in [5, 5.41) is 0. The van der Waals surface area contributed by atoms with E-state index in [0.717, 1.165) is 11.1 Å². The minimum atomic E-state index is 0.688. The maximum absolute atomic E-state index is 3.27. The first-order valence-electron chi connectivity index (χ1n) is 11.6. The molecule has 0 aliphatic carbocycles. The van der Waals surface area contributed by atoms with Crippen molar-refractivity contribution in [2.45, 2.75) is 40.8 Å². The van der Waals surface area contributed by atoms with Gasteiger partial charge in [0.2, 0.25) is 13.1 Å². The standard InChI is InChI=1S/C32H30N2/c1-25-17-21-33(23-27(25)3)19-5-7-29-9-13-31(14-10-29)32-15-11-30(12-16-32)8-6-20-34-22-18-26(2)28(4)24-34/h9-18,21-24H,19-20H2,1-4H3/q+2. The van der Waals surface area contributed by atoms with E-state index in [1.807, 2.05) is 0 Å². The predicted octanol–water partition coefficient (Wildman–Crippen LogP) is 5.27. The Hall–Kier alpha value is -4.14. The molecule has 0 radical (unpaired) electrons. The zero-order chi connectivity index (χ0) is 23.9. The summed E-state index contributed by atoms with van der Waals surface area (Å²) in [6.45, 7) is 9.88. The number of benzene rings is 2. The molecule has 2 aromatic carbocycles. The third-order valence-electron chi connectivity index (χ3n) is 6.09. The van der Waals surface area contributed by atoms with E-state index in [4.69, 9.17) is 0 Å². The summed E-state index contributed by atoms with van der Waals surface area (Å²) in [6.07, 6.45) is 8.44. The number of nitrogens with zero attached hydrogens (tertiary/aromatic N) is 2. The van der Waals surface area contributed by atoms with Gasteiger partial charge in [-0.1, -0.05) is 36.1 Å². The van der Waals surface area contributed by atoms with E-state index < -0.39 is 0 Å². The Morgan fingerprint density at radius 1 is 0.500 bits per heavy atom. The molecule has 2 heterocycles. The Morgan fingerprint density at radius 2 is 0.882 bits per heavy atom. The zero-order valence-electron chi connectivity index (χ0n) is 20.4. The van der Waals surface area contributed by atoms with E-state index >= 15 is 0 Å². The van der Waals surface area contributed by atoms with E-state index in [0.29, 0.717) is 13.1 Å². The van der Waals surface area contributed by atoms with Gasteiger partial charge < -0.3 is 0 Å². The molecule has 4 rings (SSSR count). The molecule has 4 aromatic rings. The highest BCUT2D eigenvalue weighted by Crippen LogP contribution is 2.20. The highest BCUT2D eigenvalue weighted by Gasteiger charge is 2.02. The van der Waals surface area contributed by atoms with Crippen molar-refractivity contribution in [3.05, 3.63) is 119 Å². The van der Waals surface area contributed by atoms with Crippen molar-refractivity contribution in [2.24, 2.45) is 0 Å². The van der Waals surface area contributed by atoms with Crippen LogP contribution in [0.4, 0.5) is 0 Å². The SMILES string of the molecule is Cc1cc[n+](CC#Cc2ccc(-c3ccc(C#CC[n+]4ccc(C)c(C)c4)cc3)cc2)cc1C. The summed E-state index contributed by atoms with van der Waals surface area (Å²) in [5.41, 5.74) is 9.58. The van der Waals surface area contributed by atoms with Crippen molar-refractivity contribution in [1.82, 2.24) is 0 Å². The first kappa shape index (κ1) is 23.0. The Kier molecular flexibility index (Phi) is 7.22. The Labute approximate surface area is 203 Å². The van der Waals surface area contributed by atoms with Crippen LogP contribution in [-0.2, 0) is 13.1 Å². The van der Waals surface area contributed by atoms with Crippen LogP contribution in [0.1, 0.15) is 33.4 Å². The maximum Gasteiger partial charge on any atom is 0.209 e. The quantitative estimate of drug-likeness (QED) is 0.302. The third-order valence-corrected chi connectivity index (χ3v) is 6.09. The van der Waals surface area contributed by atoms with Gasteiger partial charge in [-0.05, 0) is 86.1 Å². The molecule has 2 heteroatoms. The molecule has 0 fully saturated rings. The Morgan fingerprint density at radius 3 is 1.24 bits per heavy atom. The lowest BCUT2D eigenvalue weighted by Gasteiger charge is -2.02. The number of aryl methyl sites for hydroxylation is 4. The van der Waals surface area contributed by atoms with Gasteiger partial charge in [-0.25, -0.2) is 0 Å². The minimum Gasteiger partial charge on any atom is -0.193 e. The smallest absolute Gasteiger partial charge is 0.193 e. The van der Waals surface area contributed by atoms with Gasteiger partial charge in [0.05, 0.1) is 0 Å². The molecule has 0 amide bonds. The van der Waals surface area contributed by atoms with Crippen molar-refractivity contribution < 1.29 is 9.13 Å². The van der Waals surface area contributed by atoms with Crippen LogP contribution in [0, 0.1) is 51.4 Å².